The van der Waals surface area contributed by atoms with Gasteiger partial charge in [-0.15, -0.1) is 21.5 Å². The molecule has 1 N–H and O–H groups in total. The third-order valence-corrected chi connectivity index (χ3v) is 4.26. The highest BCUT2D eigenvalue weighted by Crippen LogP contribution is 2.28. The Labute approximate surface area is 126 Å². The number of rotatable bonds is 6. The molecular weight excluding hydrogens is 294 g/mol. The number of aromatic nitrogens is 2. The topological polar surface area (TPSA) is 68.0 Å². The van der Waals surface area contributed by atoms with Gasteiger partial charge in [0.1, 0.15) is 0 Å². The fourth-order valence-electron chi connectivity index (χ4n) is 1.41. The fraction of sp³-hybridized carbons (Fsp3) is 0.462. The zero-order chi connectivity index (χ0) is 14.5. The average Bonchev–Trinajstić information content (AvgIpc) is 3.05. The molecule has 0 aliphatic heterocycles. The summed E-state index contributed by atoms with van der Waals surface area (Å²) in [6, 6.07) is 3.85. The van der Waals surface area contributed by atoms with Crippen LogP contribution in [0.1, 0.15) is 20.8 Å². The van der Waals surface area contributed by atoms with Crippen LogP contribution in [0.2, 0.25) is 0 Å². The first-order valence-electron chi connectivity index (χ1n) is 6.38. The predicted octanol–water partition coefficient (Wildman–Crippen LogP) is 3.05. The van der Waals surface area contributed by atoms with E-state index in [0.717, 1.165) is 4.88 Å². The molecule has 2 heterocycles. The van der Waals surface area contributed by atoms with Gasteiger partial charge in [0.25, 0.3) is 11.1 Å². The van der Waals surface area contributed by atoms with E-state index < -0.39 is 0 Å². The van der Waals surface area contributed by atoms with Crippen LogP contribution in [-0.2, 0) is 4.79 Å². The van der Waals surface area contributed by atoms with Crippen molar-refractivity contribution in [2.75, 3.05) is 6.54 Å². The van der Waals surface area contributed by atoms with Crippen LogP contribution in [0.15, 0.2) is 27.2 Å². The molecular formula is C13H17N3O2S2. The van der Waals surface area contributed by atoms with Gasteiger partial charge in [0, 0.05) is 6.54 Å². The van der Waals surface area contributed by atoms with Crippen LogP contribution in [0.4, 0.5) is 0 Å². The first-order chi connectivity index (χ1) is 9.56. The van der Waals surface area contributed by atoms with E-state index in [2.05, 4.69) is 29.4 Å². The van der Waals surface area contributed by atoms with Gasteiger partial charge in [0.15, 0.2) is 0 Å². The smallest absolute Gasteiger partial charge is 0.277 e. The maximum atomic E-state index is 11.9. The Morgan fingerprint density at radius 1 is 1.45 bits per heavy atom. The molecule has 0 bridgehead atoms. The highest BCUT2D eigenvalue weighted by molar-refractivity contribution is 8.00. The van der Waals surface area contributed by atoms with Crippen molar-refractivity contribution >= 4 is 29.0 Å². The van der Waals surface area contributed by atoms with E-state index in [1.54, 1.807) is 11.3 Å². The molecule has 20 heavy (non-hydrogen) atoms. The molecule has 108 valence electrons. The van der Waals surface area contributed by atoms with Crippen molar-refractivity contribution in [1.29, 1.82) is 0 Å². The van der Waals surface area contributed by atoms with Crippen molar-refractivity contribution in [3.05, 3.63) is 17.5 Å². The van der Waals surface area contributed by atoms with Crippen molar-refractivity contribution in [3.8, 4) is 10.8 Å². The molecule has 2 rings (SSSR count). The van der Waals surface area contributed by atoms with Gasteiger partial charge in [-0.3, -0.25) is 4.79 Å². The number of thiophene rings is 1. The zero-order valence-electron chi connectivity index (χ0n) is 11.6. The Morgan fingerprint density at radius 3 is 2.90 bits per heavy atom. The Hall–Kier alpha value is -1.34. The molecule has 0 aliphatic carbocycles. The van der Waals surface area contributed by atoms with Crippen molar-refractivity contribution in [2.24, 2.45) is 5.92 Å². The average molecular weight is 311 g/mol. The highest BCUT2D eigenvalue weighted by atomic mass is 32.2. The molecule has 1 amide bonds. The number of nitrogens with one attached hydrogen (secondary N) is 1. The molecule has 1 unspecified atom stereocenters. The lowest BCUT2D eigenvalue weighted by Crippen LogP contribution is -2.33. The summed E-state index contributed by atoms with van der Waals surface area (Å²) in [5.41, 5.74) is 0. The number of hydrogen-bond donors (Lipinski definition) is 1. The van der Waals surface area contributed by atoms with Crippen LogP contribution in [-0.4, -0.2) is 27.9 Å². The maximum Gasteiger partial charge on any atom is 0.277 e. The minimum Gasteiger partial charge on any atom is -0.410 e. The van der Waals surface area contributed by atoms with Crippen LogP contribution in [0.25, 0.3) is 10.8 Å². The predicted molar refractivity (Wildman–Crippen MR) is 80.8 cm³/mol. The summed E-state index contributed by atoms with van der Waals surface area (Å²) in [6.07, 6.45) is 0. The van der Waals surface area contributed by atoms with Crippen LogP contribution in [0, 0.1) is 5.92 Å². The van der Waals surface area contributed by atoms with Gasteiger partial charge in [0.05, 0.1) is 10.1 Å². The van der Waals surface area contributed by atoms with E-state index in [1.165, 1.54) is 11.8 Å². The summed E-state index contributed by atoms with van der Waals surface area (Å²) < 4.78 is 5.55. The minimum atomic E-state index is -0.259. The minimum absolute atomic E-state index is 0.0143. The molecule has 0 aliphatic rings. The van der Waals surface area contributed by atoms with E-state index in [-0.39, 0.29) is 11.2 Å². The number of amides is 1. The van der Waals surface area contributed by atoms with Crippen LogP contribution >= 0.6 is 23.1 Å². The van der Waals surface area contributed by atoms with Crippen molar-refractivity contribution in [1.82, 2.24) is 15.5 Å². The Kier molecular flexibility index (Phi) is 5.19. The van der Waals surface area contributed by atoms with Gasteiger partial charge >= 0.3 is 0 Å². The van der Waals surface area contributed by atoms with Crippen molar-refractivity contribution < 1.29 is 9.21 Å². The van der Waals surface area contributed by atoms with Gasteiger partial charge in [0.2, 0.25) is 5.91 Å². The second kappa shape index (κ2) is 6.90. The molecule has 1 atom stereocenters. The molecule has 5 nitrogen and oxygen atoms in total. The van der Waals surface area contributed by atoms with Crippen LogP contribution in [0.3, 0.4) is 0 Å². The highest BCUT2D eigenvalue weighted by Gasteiger charge is 2.18. The molecule has 7 heteroatoms. The second-order valence-corrected chi connectivity index (χ2v) is 6.99. The summed E-state index contributed by atoms with van der Waals surface area (Å²) in [6.45, 7) is 6.62. The summed E-state index contributed by atoms with van der Waals surface area (Å²) in [5.74, 6) is 0.918. The zero-order valence-corrected chi connectivity index (χ0v) is 13.3. The second-order valence-electron chi connectivity index (χ2n) is 4.75. The lowest BCUT2D eigenvalue weighted by Gasteiger charge is -2.11. The van der Waals surface area contributed by atoms with Gasteiger partial charge < -0.3 is 9.73 Å². The maximum absolute atomic E-state index is 11.9. The summed E-state index contributed by atoms with van der Waals surface area (Å²) in [4.78, 5) is 12.8. The van der Waals surface area contributed by atoms with E-state index >= 15 is 0 Å². The van der Waals surface area contributed by atoms with Crippen LogP contribution < -0.4 is 5.32 Å². The number of hydrogen-bond acceptors (Lipinski definition) is 6. The standard InChI is InChI=1S/C13H17N3O2S2/c1-8(2)7-14-11(17)9(3)20-13-16-15-12(18-13)10-5-4-6-19-10/h4-6,8-9H,7H2,1-3H3,(H,14,17). The number of nitrogens with zero attached hydrogens (tertiary/aromatic N) is 2. The fourth-order valence-corrected chi connectivity index (χ4v) is 2.76. The normalized spacial score (nSPS) is 12.6. The molecule has 0 radical (unpaired) electrons. The largest absolute Gasteiger partial charge is 0.410 e. The third kappa shape index (κ3) is 4.08. The first kappa shape index (κ1) is 15.1. The molecule has 2 aromatic rings. The lowest BCUT2D eigenvalue weighted by atomic mass is 10.2. The van der Waals surface area contributed by atoms with Crippen molar-refractivity contribution in [2.45, 2.75) is 31.2 Å². The third-order valence-electron chi connectivity index (χ3n) is 2.47. The molecule has 2 aromatic heterocycles. The Morgan fingerprint density at radius 2 is 2.25 bits per heavy atom. The van der Waals surface area contributed by atoms with Crippen molar-refractivity contribution in [3.63, 3.8) is 0 Å². The quantitative estimate of drug-likeness (QED) is 0.830. The Balaban J connectivity index is 1.91. The van der Waals surface area contributed by atoms with Gasteiger partial charge in [-0.05, 0) is 24.3 Å². The molecule has 0 fully saturated rings. The summed E-state index contributed by atoms with van der Waals surface area (Å²) in [7, 11) is 0. The van der Waals surface area contributed by atoms with Gasteiger partial charge in [-0.25, -0.2) is 0 Å². The molecule has 0 saturated heterocycles. The SMILES string of the molecule is CC(C)CNC(=O)C(C)Sc1nnc(-c2cccs2)o1. The molecule has 0 saturated carbocycles. The Bertz CT molecular complexity index is 552. The van der Waals surface area contributed by atoms with E-state index in [9.17, 15) is 4.79 Å². The number of carbonyl (C=O) groups excluding carboxylic acids is 1. The number of thioether (sulfide) groups is 1. The molecule has 0 aromatic carbocycles. The summed E-state index contributed by atoms with van der Waals surface area (Å²) >= 11 is 2.81. The number of carbonyl (C=O) groups is 1. The van der Waals surface area contributed by atoms with Gasteiger partial charge in [-0.1, -0.05) is 31.7 Å². The monoisotopic (exact) mass is 311 g/mol. The lowest BCUT2D eigenvalue weighted by molar-refractivity contribution is -0.120. The first-order valence-corrected chi connectivity index (χ1v) is 8.14. The molecule has 0 spiro atoms. The summed E-state index contributed by atoms with van der Waals surface area (Å²) in [5, 5.41) is 12.9. The van der Waals surface area contributed by atoms with E-state index in [1.807, 2.05) is 24.4 Å². The van der Waals surface area contributed by atoms with Crippen LogP contribution in [0.5, 0.6) is 0 Å². The van der Waals surface area contributed by atoms with E-state index in [4.69, 9.17) is 4.42 Å². The van der Waals surface area contributed by atoms with Gasteiger partial charge in [-0.2, -0.15) is 0 Å². The van der Waals surface area contributed by atoms with E-state index in [0.29, 0.717) is 23.6 Å².